The second-order valence-corrected chi connectivity index (χ2v) is 4.61. The van der Waals surface area contributed by atoms with E-state index >= 15 is 0 Å². The lowest BCUT2D eigenvalue weighted by Crippen LogP contribution is -2.11. The first-order valence-corrected chi connectivity index (χ1v) is 5.98. The lowest BCUT2D eigenvalue weighted by Gasteiger charge is -2.17. The van der Waals surface area contributed by atoms with Crippen molar-refractivity contribution in [2.45, 2.75) is 39.4 Å². The maximum Gasteiger partial charge on any atom is 0.126 e. The Kier molecular flexibility index (Phi) is 4.61. The van der Waals surface area contributed by atoms with Gasteiger partial charge in [0.05, 0.1) is 12.2 Å². The average molecular weight is 273 g/mol. The maximum absolute atomic E-state index is 9.59. The van der Waals surface area contributed by atoms with Gasteiger partial charge in [0.15, 0.2) is 0 Å². The van der Waals surface area contributed by atoms with Gasteiger partial charge in [-0.25, -0.2) is 0 Å². The van der Waals surface area contributed by atoms with Crippen molar-refractivity contribution in [2.24, 2.45) is 0 Å². The van der Waals surface area contributed by atoms with E-state index < -0.39 is 6.10 Å². The normalized spacial score (nSPS) is 14.7. The maximum atomic E-state index is 9.59. The van der Waals surface area contributed by atoms with Crippen LogP contribution in [0.25, 0.3) is 0 Å². The van der Waals surface area contributed by atoms with Crippen LogP contribution in [-0.4, -0.2) is 11.2 Å². The van der Waals surface area contributed by atoms with Crippen molar-refractivity contribution in [3.8, 4) is 5.75 Å². The Hall–Kier alpha value is -0.540. The standard InChI is InChI=1S/C12H17BrO2/c1-4-8(2)15-12-7-10(13)5-6-11(12)9(3)14/h5-9,14H,4H2,1-3H3. The van der Waals surface area contributed by atoms with Gasteiger partial charge in [-0.1, -0.05) is 28.9 Å². The number of ether oxygens (including phenoxy) is 1. The zero-order valence-electron chi connectivity index (χ0n) is 9.33. The number of aliphatic hydroxyl groups is 1. The Morgan fingerprint density at radius 2 is 2.07 bits per heavy atom. The van der Waals surface area contributed by atoms with Crippen LogP contribution in [-0.2, 0) is 0 Å². The minimum absolute atomic E-state index is 0.164. The number of halogens is 1. The van der Waals surface area contributed by atoms with Gasteiger partial charge in [0.25, 0.3) is 0 Å². The van der Waals surface area contributed by atoms with Gasteiger partial charge in [0, 0.05) is 10.0 Å². The van der Waals surface area contributed by atoms with Gasteiger partial charge in [-0.15, -0.1) is 0 Å². The van der Waals surface area contributed by atoms with Crippen molar-refractivity contribution < 1.29 is 9.84 Å². The Morgan fingerprint density at radius 1 is 1.40 bits per heavy atom. The minimum atomic E-state index is -0.503. The molecule has 0 bridgehead atoms. The smallest absolute Gasteiger partial charge is 0.126 e. The lowest BCUT2D eigenvalue weighted by atomic mass is 10.1. The van der Waals surface area contributed by atoms with Crippen molar-refractivity contribution >= 4 is 15.9 Å². The SMILES string of the molecule is CCC(C)Oc1cc(Br)ccc1C(C)O. The molecule has 0 aliphatic carbocycles. The lowest BCUT2D eigenvalue weighted by molar-refractivity contribution is 0.176. The summed E-state index contributed by atoms with van der Waals surface area (Å²) in [4.78, 5) is 0. The second kappa shape index (κ2) is 5.52. The van der Waals surface area contributed by atoms with E-state index in [1.54, 1.807) is 6.92 Å². The van der Waals surface area contributed by atoms with Crippen LogP contribution in [0.15, 0.2) is 22.7 Å². The summed E-state index contributed by atoms with van der Waals surface area (Å²) in [5.41, 5.74) is 0.832. The van der Waals surface area contributed by atoms with Crippen LogP contribution in [0.5, 0.6) is 5.75 Å². The third kappa shape index (κ3) is 3.50. The van der Waals surface area contributed by atoms with E-state index in [1.807, 2.05) is 25.1 Å². The Bertz CT molecular complexity index is 323. The van der Waals surface area contributed by atoms with E-state index in [2.05, 4.69) is 22.9 Å². The predicted molar refractivity (Wildman–Crippen MR) is 65.2 cm³/mol. The summed E-state index contributed by atoms with van der Waals surface area (Å²) in [6, 6.07) is 5.69. The predicted octanol–water partition coefficient (Wildman–Crippen LogP) is 3.68. The fourth-order valence-electron chi connectivity index (χ4n) is 1.26. The molecule has 0 saturated heterocycles. The van der Waals surface area contributed by atoms with Gasteiger partial charge in [0.1, 0.15) is 5.75 Å². The number of hydrogen-bond donors (Lipinski definition) is 1. The van der Waals surface area contributed by atoms with Crippen molar-refractivity contribution in [2.75, 3.05) is 0 Å². The molecule has 0 aliphatic rings. The highest BCUT2D eigenvalue weighted by atomic mass is 79.9. The van der Waals surface area contributed by atoms with Gasteiger partial charge < -0.3 is 9.84 Å². The number of aliphatic hydroxyl groups excluding tert-OH is 1. The first-order valence-electron chi connectivity index (χ1n) is 5.18. The van der Waals surface area contributed by atoms with Crippen LogP contribution >= 0.6 is 15.9 Å². The molecule has 0 radical (unpaired) electrons. The van der Waals surface area contributed by atoms with Gasteiger partial charge in [-0.05, 0) is 32.4 Å². The number of rotatable bonds is 4. The highest BCUT2D eigenvalue weighted by Gasteiger charge is 2.11. The van der Waals surface area contributed by atoms with Crippen LogP contribution in [0.4, 0.5) is 0 Å². The summed E-state index contributed by atoms with van der Waals surface area (Å²) in [5, 5.41) is 9.59. The van der Waals surface area contributed by atoms with Crippen LogP contribution in [0.2, 0.25) is 0 Å². The van der Waals surface area contributed by atoms with Gasteiger partial charge in [-0.3, -0.25) is 0 Å². The number of benzene rings is 1. The fourth-order valence-corrected chi connectivity index (χ4v) is 1.60. The highest BCUT2D eigenvalue weighted by molar-refractivity contribution is 9.10. The van der Waals surface area contributed by atoms with E-state index in [9.17, 15) is 5.11 Å². The summed E-state index contributed by atoms with van der Waals surface area (Å²) in [7, 11) is 0. The van der Waals surface area contributed by atoms with Crippen molar-refractivity contribution in [1.82, 2.24) is 0 Å². The summed E-state index contributed by atoms with van der Waals surface area (Å²) in [6.45, 7) is 5.84. The first kappa shape index (κ1) is 12.5. The average Bonchev–Trinajstić information content (AvgIpc) is 2.17. The molecule has 0 heterocycles. The molecule has 2 unspecified atom stereocenters. The van der Waals surface area contributed by atoms with Crippen LogP contribution in [0.3, 0.4) is 0 Å². The molecule has 0 amide bonds. The monoisotopic (exact) mass is 272 g/mol. The van der Waals surface area contributed by atoms with E-state index in [0.717, 1.165) is 22.2 Å². The van der Waals surface area contributed by atoms with Crippen LogP contribution in [0, 0.1) is 0 Å². The Labute approximate surface area is 99.4 Å². The van der Waals surface area contributed by atoms with Crippen LogP contribution < -0.4 is 4.74 Å². The molecule has 2 nitrogen and oxygen atoms in total. The van der Waals surface area contributed by atoms with Gasteiger partial charge >= 0.3 is 0 Å². The molecule has 1 aromatic rings. The zero-order chi connectivity index (χ0) is 11.4. The first-order chi connectivity index (χ1) is 7.04. The molecule has 1 rings (SSSR count). The molecule has 0 aromatic heterocycles. The highest BCUT2D eigenvalue weighted by Crippen LogP contribution is 2.29. The quantitative estimate of drug-likeness (QED) is 0.906. The van der Waals surface area contributed by atoms with Gasteiger partial charge in [-0.2, -0.15) is 0 Å². The second-order valence-electron chi connectivity index (χ2n) is 3.69. The molecule has 0 aliphatic heterocycles. The molecule has 0 spiro atoms. The molecule has 84 valence electrons. The zero-order valence-corrected chi connectivity index (χ0v) is 10.9. The van der Waals surface area contributed by atoms with E-state index in [-0.39, 0.29) is 6.10 Å². The number of hydrogen-bond acceptors (Lipinski definition) is 2. The summed E-state index contributed by atoms with van der Waals surface area (Å²) in [6.07, 6.45) is 0.611. The molecule has 15 heavy (non-hydrogen) atoms. The molecule has 1 N–H and O–H groups in total. The summed E-state index contributed by atoms with van der Waals surface area (Å²) >= 11 is 3.40. The molecule has 0 fully saturated rings. The van der Waals surface area contributed by atoms with Crippen LogP contribution in [0.1, 0.15) is 38.9 Å². The van der Waals surface area contributed by atoms with Crippen molar-refractivity contribution in [3.63, 3.8) is 0 Å². The molecule has 3 heteroatoms. The third-order valence-electron chi connectivity index (χ3n) is 2.33. The largest absolute Gasteiger partial charge is 0.490 e. The molecule has 0 saturated carbocycles. The van der Waals surface area contributed by atoms with Crippen molar-refractivity contribution in [3.05, 3.63) is 28.2 Å². The van der Waals surface area contributed by atoms with E-state index in [4.69, 9.17) is 4.74 Å². The molecular formula is C12H17BrO2. The Morgan fingerprint density at radius 3 is 2.60 bits per heavy atom. The minimum Gasteiger partial charge on any atom is -0.490 e. The van der Waals surface area contributed by atoms with E-state index in [0.29, 0.717) is 0 Å². The molecular weight excluding hydrogens is 256 g/mol. The third-order valence-corrected chi connectivity index (χ3v) is 2.82. The molecule has 1 aromatic carbocycles. The topological polar surface area (TPSA) is 29.5 Å². The van der Waals surface area contributed by atoms with E-state index in [1.165, 1.54) is 0 Å². The fraction of sp³-hybridized carbons (Fsp3) is 0.500. The molecule has 2 atom stereocenters. The summed E-state index contributed by atoms with van der Waals surface area (Å²) < 4.78 is 6.71. The summed E-state index contributed by atoms with van der Waals surface area (Å²) in [5.74, 6) is 0.758. The Balaban J connectivity index is 2.96. The van der Waals surface area contributed by atoms with Crippen molar-refractivity contribution in [1.29, 1.82) is 0 Å². The van der Waals surface area contributed by atoms with Gasteiger partial charge in [0.2, 0.25) is 0 Å².